The summed E-state index contributed by atoms with van der Waals surface area (Å²) in [4.78, 5) is 5.78. The lowest BCUT2D eigenvalue weighted by molar-refractivity contribution is 0.601. The second kappa shape index (κ2) is 5.38. The van der Waals surface area contributed by atoms with Gasteiger partial charge in [-0.15, -0.1) is 0 Å². The number of sulfonamides is 1. The van der Waals surface area contributed by atoms with Crippen molar-refractivity contribution in [1.29, 1.82) is 0 Å². The predicted octanol–water partition coefficient (Wildman–Crippen LogP) is 1.53. The fourth-order valence-corrected chi connectivity index (χ4v) is 2.60. The predicted molar refractivity (Wildman–Crippen MR) is 80.2 cm³/mol. The van der Waals surface area contributed by atoms with E-state index in [1.165, 1.54) is 18.3 Å². The highest BCUT2D eigenvalue weighted by molar-refractivity contribution is 7.92. The molecule has 0 aliphatic heterocycles. The lowest BCUT2D eigenvalue weighted by atomic mass is 10.3. The van der Waals surface area contributed by atoms with Gasteiger partial charge in [0.1, 0.15) is 10.7 Å². The van der Waals surface area contributed by atoms with Gasteiger partial charge < -0.3 is 10.6 Å². The number of hydrogen-bond donors (Lipinski definition) is 2. The second-order valence-corrected chi connectivity index (χ2v) is 6.15. The Morgan fingerprint density at radius 3 is 2.25 bits per heavy atom. The fraction of sp³-hybridized carbons (Fsp3) is 0.154. The number of nitrogen functional groups attached to an aromatic ring is 1. The first-order chi connectivity index (χ1) is 9.38. The third kappa shape index (κ3) is 3.18. The molecular formula is C13H16N4O2S. The van der Waals surface area contributed by atoms with Crippen LogP contribution in [0.4, 0.5) is 17.2 Å². The van der Waals surface area contributed by atoms with Crippen LogP contribution >= 0.6 is 0 Å². The molecule has 2 aromatic rings. The summed E-state index contributed by atoms with van der Waals surface area (Å²) in [5.41, 5.74) is 6.92. The standard InChI is InChI=1S/C13H16N4O2S/c1-17(2)11-5-3-10(4-6-11)16-20(18,19)12-7-8-13(14)15-9-12/h3-9,16H,1-2H3,(H2,14,15). The Balaban J connectivity index is 2.22. The molecule has 0 atom stereocenters. The molecule has 6 nitrogen and oxygen atoms in total. The maximum absolute atomic E-state index is 12.1. The zero-order valence-corrected chi connectivity index (χ0v) is 12.1. The summed E-state index contributed by atoms with van der Waals surface area (Å²) in [5.74, 6) is 0.277. The summed E-state index contributed by atoms with van der Waals surface area (Å²) in [7, 11) is 0.187. The highest BCUT2D eigenvalue weighted by Crippen LogP contribution is 2.19. The molecule has 0 saturated carbocycles. The van der Waals surface area contributed by atoms with Crippen LogP contribution in [-0.4, -0.2) is 27.5 Å². The average Bonchev–Trinajstić information content (AvgIpc) is 2.39. The molecule has 7 heteroatoms. The highest BCUT2D eigenvalue weighted by atomic mass is 32.2. The summed E-state index contributed by atoms with van der Waals surface area (Å²) in [5, 5.41) is 0. The van der Waals surface area contributed by atoms with E-state index in [0.29, 0.717) is 5.69 Å². The molecule has 0 fully saturated rings. The van der Waals surface area contributed by atoms with Crippen molar-refractivity contribution in [3.8, 4) is 0 Å². The number of benzene rings is 1. The Morgan fingerprint density at radius 2 is 1.75 bits per heavy atom. The van der Waals surface area contributed by atoms with Gasteiger partial charge >= 0.3 is 0 Å². The first kappa shape index (κ1) is 14.1. The zero-order chi connectivity index (χ0) is 14.8. The van der Waals surface area contributed by atoms with E-state index in [0.717, 1.165) is 5.69 Å². The topological polar surface area (TPSA) is 88.3 Å². The molecule has 0 aliphatic carbocycles. The maximum Gasteiger partial charge on any atom is 0.263 e. The van der Waals surface area contributed by atoms with E-state index in [-0.39, 0.29) is 10.7 Å². The van der Waals surface area contributed by atoms with Crippen LogP contribution < -0.4 is 15.4 Å². The van der Waals surface area contributed by atoms with Gasteiger partial charge in [-0.3, -0.25) is 4.72 Å². The third-order valence-corrected chi connectivity index (χ3v) is 4.07. The number of hydrogen-bond acceptors (Lipinski definition) is 5. The summed E-state index contributed by atoms with van der Waals surface area (Å²) in [6, 6.07) is 9.94. The number of rotatable bonds is 4. The first-order valence-corrected chi connectivity index (χ1v) is 7.38. The van der Waals surface area contributed by atoms with E-state index in [1.54, 1.807) is 12.1 Å². The van der Waals surface area contributed by atoms with Crippen molar-refractivity contribution in [1.82, 2.24) is 4.98 Å². The number of anilines is 3. The Morgan fingerprint density at radius 1 is 1.10 bits per heavy atom. The largest absolute Gasteiger partial charge is 0.384 e. The van der Waals surface area contributed by atoms with Crippen molar-refractivity contribution in [2.75, 3.05) is 29.5 Å². The summed E-state index contributed by atoms with van der Waals surface area (Å²) in [6.07, 6.45) is 1.23. The van der Waals surface area contributed by atoms with Gasteiger partial charge in [-0.25, -0.2) is 13.4 Å². The van der Waals surface area contributed by atoms with Crippen molar-refractivity contribution >= 4 is 27.2 Å². The monoisotopic (exact) mass is 292 g/mol. The van der Waals surface area contributed by atoms with E-state index < -0.39 is 10.0 Å². The normalized spacial score (nSPS) is 11.1. The van der Waals surface area contributed by atoms with Gasteiger partial charge in [0.2, 0.25) is 0 Å². The first-order valence-electron chi connectivity index (χ1n) is 5.90. The molecule has 106 valence electrons. The molecule has 0 aliphatic rings. The fourth-order valence-electron chi connectivity index (χ4n) is 1.59. The molecule has 1 aromatic heterocycles. The van der Waals surface area contributed by atoms with Crippen LogP contribution in [0.2, 0.25) is 0 Å². The smallest absolute Gasteiger partial charge is 0.263 e. The molecule has 0 spiro atoms. The van der Waals surface area contributed by atoms with Gasteiger partial charge in [0.25, 0.3) is 10.0 Å². The number of aromatic nitrogens is 1. The van der Waals surface area contributed by atoms with Crippen LogP contribution in [0, 0.1) is 0 Å². The van der Waals surface area contributed by atoms with Crippen LogP contribution in [0.25, 0.3) is 0 Å². The Kier molecular flexibility index (Phi) is 3.80. The molecule has 0 bridgehead atoms. The van der Waals surface area contributed by atoms with Crippen molar-refractivity contribution in [3.63, 3.8) is 0 Å². The van der Waals surface area contributed by atoms with E-state index in [1.807, 2.05) is 31.1 Å². The maximum atomic E-state index is 12.1. The van der Waals surface area contributed by atoms with Crippen LogP contribution in [0.3, 0.4) is 0 Å². The SMILES string of the molecule is CN(C)c1ccc(NS(=O)(=O)c2ccc(N)nc2)cc1. The Hall–Kier alpha value is -2.28. The number of nitrogens with two attached hydrogens (primary N) is 1. The molecule has 3 N–H and O–H groups in total. The molecule has 20 heavy (non-hydrogen) atoms. The minimum absolute atomic E-state index is 0.0726. The van der Waals surface area contributed by atoms with Crippen LogP contribution in [-0.2, 0) is 10.0 Å². The summed E-state index contributed by atoms with van der Waals surface area (Å²) >= 11 is 0. The van der Waals surface area contributed by atoms with Gasteiger partial charge in [-0.05, 0) is 36.4 Å². The molecule has 2 rings (SSSR count). The average molecular weight is 292 g/mol. The lowest BCUT2D eigenvalue weighted by Gasteiger charge is -2.13. The molecule has 1 heterocycles. The van der Waals surface area contributed by atoms with Crippen molar-refractivity contribution in [3.05, 3.63) is 42.6 Å². The van der Waals surface area contributed by atoms with Gasteiger partial charge in [-0.2, -0.15) is 0 Å². The van der Waals surface area contributed by atoms with Gasteiger partial charge in [0.15, 0.2) is 0 Å². The number of nitrogens with zero attached hydrogens (tertiary/aromatic N) is 2. The van der Waals surface area contributed by atoms with E-state index in [9.17, 15) is 8.42 Å². The van der Waals surface area contributed by atoms with E-state index >= 15 is 0 Å². The van der Waals surface area contributed by atoms with Crippen molar-refractivity contribution in [2.45, 2.75) is 4.90 Å². The quantitative estimate of drug-likeness (QED) is 0.892. The van der Waals surface area contributed by atoms with Gasteiger partial charge in [0.05, 0.1) is 0 Å². The molecule has 1 aromatic carbocycles. The number of nitrogens with one attached hydrogen (secondary N) is 1. The van der Waals surface area contributed by atoms with Gasteiger partial charge in [0, 0.05) is 31.7 Å². The van der Waals surface area contributed by atoms with Crippen molar-refractivity contribution in [2.24, 2.45) is 0 Å². The molecule has 0 amide bonds. The molecule has 0 radical (unpaired) electrons. The highest BCUT2D eigenvalue weighted by Gasteiger charge is 2.14. The molecule has 0 unspecified atom stereocenters. The molecular weight excluding hydrogens is 276 g/mol. The summed E-state index contributed by atoms with van der Waals surface area (Å²) in [6.45, 7) is 0. The van der Waals surface area contributed by atoms with E-state index in [2.05, 4.69) is 9.71 Å². The van der Waals surface area contributed by atoms with Crippen LogP contribution in [0.1, 0.15) is 0 Å². The minimum atomic E-state index is -3.64. The summed E-state index contributed by atoms with van der Waals surface area (Å²) < 4.78 is 26.8. The molecule has 0 saturated heterocycles. The van der Waals surface area contributed by atoms with Crippen LogP contribution in [0.5, 0.6) is 0 Å². The Bertz CT molecular complexity index is 679. The van der Waals surface area contributed by atoms with Crippen LogP contribution in [0.15, 0.2) is 47.5 Å². The van der Waals surface area contributed by atoms with E-state index in [4.69, 9.17) is 5.73 Å². The van der Waals surface area contributed by atoms with Crippen molar-refractivity contribution < 1.29 is 8.42 Å². The third-order valence-electron chi connectivity index (χ3n) is 2.71. The second-order valence-electron chi connectivity index (χ2n) is 4.47. The minimum Gasteiger partial charge on any atom is -0.384 e. The van der Waals surface area contributed by atoms with Gasteiger partial charge in [-0.1, -0.05) is 0 Å². The zero-order valence-electron chi connectivity index (χ0n) is 11.2. The number of pyridine rings is 1. The lowest BCUT2D eigenvalue weighted by Crippen LogP contribution is -2.14. The Labute approximate surface area is 118 Å².